The van der Waals surface area contributed by atoms with Crippen molar-refractivity contribution in [2.24, 2.45) is 0 Å². The first-order valence-electron chi connectivity index (χ1n) is 13.8. The molecule has 3 aromatic rings. The molecule has 1 aromatic carbocycles. The second-order valence-electron chi connectivity index (χ2n) is 10.6. The highest BCUT2D eigenvalue weighted by atomic mass is 19.4. The lowest BCUT2D eigenvalue weighted by Gasteiger charge is -2.42. The van der Waals surface area contributed by atoms with E-state index in [1.165, 1.54) is 12.3 Å². The van der Waals surface area contributed by atoms with E-state index in [1.807, 2.05) is 36.1 Å². The summed E-state index contributed by atoms with van der Waals surface area (Å²) in [6.45, 7) is 3.43. The Morgan fingerprint density at radius 1 is 1.05 bits per heavy atom. The second kappa shape index (κ2) is 12.0. The molecule has 2 saturated heterocycles. The summed E-state index contributed by atoms with van der Waals surface area (Å²) in [5.74, 6) is -0.187. The fourth-order valence-electron chi connectivity index (χ4n) is 5.77. The first-order chi connectivity index (χ1) is 20.1. The normalized spacial score (nSPS) is 19.7. The van der Waals surface area contributed by atoms with Crippen LogP contribution in [0.5, 0.6) is 0 Å². The Labute approximate surface area is 241 Å². The minimum Gasteiger partial charge on any atom is -0.480 e. The summed E-state index contributed by atoms with van der Waals surface area (Å²) in [5.41, 5.74) is 8.17. The van der Waals surface area contributed by atoms with Crippen molar-refractivity contribution < 1.29 is 27.8 Å². The number of rotatable bonds is 7. The average Bonchev–Trinajstić information content (AvgIpc) is 2.97. The predicted molar refractivity (Wildman–Crippen MR) is 154 cm³/mol. The number of carboxylic acids is 1. The molecule has 2 fully saturated rings. The number of hydrogen-bond acceptors (Lipinski definition) is 9. The third-order valence-electron chi connectivity index (χ3n) is 7.83. The molecule has 4 heterocycles. The first kappa shape index (κ1) is 29.4. The zero-order valence-corrected chi connectivity index (χ0v) is 23.5. The van der Waals surface area contributed by atoms with E-state index < -0.39 is 23.8 Å². The molecule has 0 amide bonds. The van der Waals surface area contributed by atoms with Crippen LogP contribution in [0, 0.1) is 6.92 Å². The number of aryl methyl sites for hydroxylation is 1. The van der Waals surface area contributed by atoms with E-state index in [1.54, 1.807) is 16.9 Å². The number of carboxylic acid groups (broad SMARTS) is 1. The Balaban J connectivity index is 1.53. The quantitative estimate of drug-likeness (QED) is 0.417. The van der Waals surface area contributed by atoms with E-state index in [2.05, 4.69) is 9.97 Å². The van der Waals surface area contributed by atoms with Crippen molar-refractivity contribution in [2.75, 3.05) is 60.3 Å². The molecule has 224 valence electrons. The molecular formula is C29H34F3N7O3. The number of pyridine rings is 1. The van der Waals surface area contributed by atoms with E-state index >= 15 is 0 Å². The molecule has 5 rings (SSSR count). The highest BCUT2D eigenvalue weighted by molar-refractivity contribution is 5.88. The predicted octanol–water partition coefficient (Wildman–Crippen LogP) is 4.23. The summed E-state index contributed by atoms with van der Waals surface area (Å²) in [6, 6.07) is 8.91. The molecule has 2 atom stereocenters. The number of anilines is 4. The minimum atomic E-state index is -4.52. The fraction of sp³-hybridized carbons (Fsp3) is 0.448. The summed E-state index contributed by atoms with van der Waals surface area (Å²) < 4.78 is 46.3. The van der Waals surface area contributed by atoms with Crippen molar-refractivity contribution in [2.45, 2.75) is 44.4 Å². The number of piperazine rings is 1. The lowest BCUT2D eigenvalue weighted by Crippen LogP contribution is -2.53. The first-order valence-corrected chi connectivity index (χ1v) is 13.8. The van der Waals surface area contributed by atoms with Crippen molar-refractivity contribution in [3.8, 4) is 11.1 Å². The summed E-state index contributed by atoms with van der Waals surface area (Å²) in [6.07, 6.45) is -1.29. The van der Waals surface area contributed by atoms with Gasteiger partial charge in [0.15, 0.2) is 0 Å². The van der Waals surface area contributed by atoms with Gasteiger partial charge in [0.1, 0.15) is 23.5 Å². The number of ether oxygens (including phenoxy) is 1. The Kier molecular flexibility index (Phi) is 8.39. The smallest absolute Gasteiger partial charge is 0.419 e. The lowest BCUT2D eigenvalue weighted by molar-refractivity contribution is -0.139. The highest BCUT2D eigenvalue weighted by Crippen LogP contribution is 2.40. The van der Waals surface area contributed by atoms with Gasteiger partial charge in [-0.2, -0.15) is 23.1 Å². The Bertz CT molecular complexity index is 1410. The number of halogens is 3. The number of nitrogen functional groups attached to an aromatic ring is 1. The molecule has 0 radical (unpaired) electrons. The molecule has 2 aliphatic rings. The largest absolute Gasteiger partial charge is 0.480 e. The van der Waals surface area contributed by atoms with E-state index in [0.717, 1.165) is 23.6 Å². The van der Waals surface area contributed by atoms with Crippen molar-refractivity contribution >= 4 is 29.4 Å². The number of nitrogens with two attached hydrogens (primary N) is 1. The maximum atomic E-state index is 13.6. The van der Waals surface area contributed by atoms with Crippen molar-refractivity contribution in [3.05, 3.63) is 53.7 Å². The van der Waals surface area contributed by atoms with Crippen molar-refractivity contribution in [1.29, 1.82) is 0 Å². The highest BCUT2D eigenvalue weighted by Gasteiger charge is 2.39. The van der Waals surface area contributed by atoms with Crippen LogP contribution in [0.3, 0.4) is 0 Å². The molecule has 10 nitrogen and oxygen atoms in total. The standard InChI is InChI=1S/C29H34F3N7O3/c1-18-8-10-19(11-9-18)23-24(33)35-28(36-26(23)39-20(17-42-2)5-3-7-22(39)27(40)41)38-15-13-37(14-16-38)25-21(29(30,31)32)6-4-12-34-25/h4,6,8-12,20,22H,3,5,7,13-17H2,1-2H3,(H,40,41)(H2,33,35,36). The molecule has 13 heteroatoms. The fourth-order valence-corrected chi connectivity index (χ4v) is 5.77. The lowest BCUT2D eigenvalue weighted by atomic mass is 9.94. The Morgan fingerprint density at radius 2 is 1.74 bits per heavy atom. The molecule has 2 aliphatic heterocycles. The van der Waals surface area contributed by atoms with Gasteiger partial charge in [0.2, 0.25) is 5.95 Å². The Morgan fingerprint density at radius 3 is 2.38 bits per heavy atom. The van der Waals surface area contributed by atoms with Crippen LogP contribution in [0.1, 0.15) is 30.4 Å². The van der Waals surface area contributed by atoms with Gasteiger partial charge in [0.05, 0.1) is 23.8 Å². The van der Waals surface area contributed by atoms with E-state index in [9.17, 15) is 23.1 Å². The molecule has 0 spiro atoms. The van der Waals surface area contributed by atoms with Gasteiger partial charge in [-0.25, -0.2) is 9.78 Å². The van der Waals surface area contributed by atoms with Crippen molar-refractivity contribution in [3.63, 3.8) is 0 Å². The molecule has 0 bridgehead atoms. The summed E-state index contributed by atoms with van der Waals surface area (Å²) >= 11 is 0. The van der Waals surface area contributed by atoms with Gasteiger partial charge < -0.3 is 30.3 Å². The summed E-state index contributed by atoms with van der Waals surface area (Å²) in [4.78, 5) is 31.3. The molecule has 2 unspecified atom stereocenters. The number of aromatic nitrogens is 3. The Hall–Kier alpha value is -4.13. The van der Waals surface area contributed by atoms with E-state index in [0.29, 0.717) is 49.9 Å². The van der Waals surface area contributed by atoms with Gasteiger partial charge in [-0.1, -0.05) is 29.8 Å². The van der Waals surface area contributed by atoms with Gasteiger partial charge in [0.25, 0.3) is 0 Å². The third kappa shape index (κ3) is 5.91. The SMILES string of the molecule is COCC1CCCC(C(=O)O)N1c1nc(N2CCN(c3ncccc3C(F)(F)F)CC2)nc(N)c1-c1ccc(C)cc1. The van der Waals surface area contributed by atoms with E-state index in [-0.39, 0.29) is 30.8 Å². The van der Waals surface area contributed by atoms with Gasteiger partial charge in [-0.3, -0.25) is 0 Å². The van der Waals surface area contributed by atoms with Gasteiger partial charge in [-0.15, -0.1) is 0 Å². The summed E-state index contributed by atoms with van der Waals surface area (Å²) in [5, 5.41) is 10.2. The van der Waals surface area contributed by atoms with Crippen LogP contribution < -0.4 is 20.4 Å². The second-order valence-corrected chi connectivity index (χ2v) is 10.6. The number of benzene rings is 1. The zero-order chi connectivity index (χ0) is 30.0. The van der Waals surface area contributed by atoms with Crippen LogP contribution in [0.4, 0.5) is 36.6 Å². The van der Waals surface area contributed by atoms with Gasteiger partial charge in [-0.05, 0) is 43.9 Å². The van der Waals surface area contributed by atoms with Crippen LogP contribution in [0.15, 0.2) is 42.6 Å². The van der Waals surface area contributed by atoms with Crippen LogP contribution in [-0.2, 0) is 15.7 Å². The summed E-state index contributed by atoms with van der Waals surface area (Å²) in [7, 11) is 1.58. The van der Waals surface area contributed by atoms with Gasteiger partial charge in [0, 0.05) is 39.5 Å². The van der Waals surface area contributed by atoms with Crippen LogP contribution >= 0.6 is 0 Å². The minimum absolute atomic E-state index is 0.111. The molecule has 42 heavy (non-hydrogen) atoms. The monoisotopic (exact) mass is 585 g/mol. The number of carbonyl (C=O) groups is 1. The maximum absolute atomic E-state index is 13.6. The molecule has 0 aliphatic carbocycles. The topological polar surface area (TPSA) is 121 Å². The molecular weight excluding hydrogens is 551 g/mol. The van der Waals surface area contributed by atoms with Crippen molar-refractivity contribution in [1.82, 2.24) is 15.0 Å². The number of piperidine rings is 1. The number of methoxy groups -OCH3 is 1. The number of alkyl halides is 3. The third-order valence-corrected chi connectivity index (χ3v) is 7.83. The number of nitrogens with zero attached hydrogens (tertiary/aromatic N) is 6. The van der Waals surface area contributed by atoms with Gasteiger partial charge >= 0.3 is 12.1 Å². The molecule has 3 N–H and O–H groups in total. The maximum Gasteiger partial charge on any atom is 0.419 e. The number of aliphatic carboxylic acids is 1. The zero-order valence-electron chi connectivity index (χ0n) is 23.5. The van der Waals surface area contributed by atoms with E-state index in [4.69, 9.17) is 15.5 Å². The average molecular weight is 586 g/mol. The van der Waals surface area contributed by atoms with Crippen LogP contribution in [-0.4, -0.2) is 78.0 Å². The molecule has 0 saturated carbocycles. The number of hydrogen-bond donors (Lipinski definition) is 2. The molecule has 2 aromatic heterocycles. The van der Waals surface area contributed by atoms with Crippen LogP contribution in [0.25, 0.3) is 11.1 Å². The van der Waals surface area contributed by atoms with Crippen LogP contribution in [0.2, 0.25) is 0 Å².